The molecule has 7 nitrogen and oxygen atoms in total. The van der Waals surface area contributed by atoms with Gasteiger partial charge in [0, 0.05) is 12.8 Å². The smallest absolute Gasteiger partial charge is 0.393 e. The standard InChI is InChI=1S/C15H23NO6P/c1-21-23(20)8-7-14(18)9-15(19)10-16(12-17)22-11-13-5-3-2-4-6-13/h2-6,12,14-15,18-19H,7-11H2,1H3/q+1. The van der Waals surface area contributed by atoms with Crippen LogP contribution in [0, 0.1) is 0 Å². The van der Waals surface area contributed by atoms with Crippen LogP contribution < -0.4 is 0 Å². The summed E-state index contributed by atoms with van der Waals surface area (Å²) in [6.07, 6.45) is -0.729. The van der Waals surface area contributed by atoms with Gasteiger partial charge in [-0.2, -0.15) is 0 Å². The molecular weight excluding hydrogens is 321 g/mol. The molecule has 3 atom stereocenters. The first-order valence-electron chi connectivity index (χ1n) is 7.28. The third-order valence-electron chi connectivity index (χ3n) is 3.14. The summed E-state index contributed by atoms with van der Waals surface area (Å²) in [5, 5.41) is 20.7. The Hall–Kier alpha value is -1.37. The fourth-order valence-corrected chi connectivity index (χ4v) is 2.61. The molecule has 1 rings (SSSR count). The quantitative estimate of drug-likeness (QED) is 0.339. The lowest BCUT2D eigenvalue weighted by Crippen LogP contribution is -2.33. The van der Waals surface area contributed by atoms with Crippen molar-refractivity contribution in [2.75, 3.05) is 19.8 Å². The summed E-state index contributed by atoms with van der Waals surface area (Å²) in [5.74, 6) is 0. The zero-order chi connectivity index (χ0) is 17.1. The van der Waals surface area contributed by atoms with Gasteiger partial charge in [-0.05, 0) is 10.1 Å². The average Bonchev–Trinajstić information content (AvgIpc) is 2.57. The van der Waals surface area contributed by atoms with Crippen LogP contribution in [-0.2, 0) is 25.3 Å². The van der Waals surface area contributed by atoms with E-state index in [2.05, 4.69) is 4.52 Å². The van der Waals surface area contributed by atoms with E-state index in [1.54, 1.807) is 0 Å². The van der Waals surface area contributed by atoms with Crippen LogP contribution in [0.15, 0.2) is 30.3 Å². The Morgan fingerprint density at radius 1 is 1.26 bits per heavy atom. The van der Waals surface area contributed by atoms with Crippen LogP contribution in [0.25, 0.3) is 0 Å². The molecule has 0 aliphatic heterocycles. The molecule has 0 saturated carbocycles. The third-order valence-corrected chi connectivity index (χ3v) is 4.17. The van der Waals surface area contributed by atoms with E-state index >= 15 is 0 Å². The minimum atomic E-state index is -1.77. The first-order chi connectivity index (χ1) is 11.0. The molecule has 1 amide bonds. The molecule has 2 N–H and O–H groups in total. The van der Waals surface area contributed by atoms with Crippen molar-refractivity contribution in [3.05, 3.63) is 35.9 Å². The van der Waals surface area contributed by atoms with Crippen LogP contribution in [0.1, 0.15) is 18.4 Å². The summed E-state index contributed by atoms with van der Waals surface area (Å²) in [4.78, 5) is 16.3. The summed E-state index contributed by atoms with van der Waals surface area (Å²) in [6, 6.07) is 9.32. The first-order valence-corrected chi connectivity index (χ1v) is 8.65. The van der Waals surface area contributed by atoms with Gasteiger partial charge in [-0.25, -0.2) is 5.06 Å². The van der Waals surface area contributed by atoms with Gasteiger partial charge in [0.25, 0.3) is 0 Å². The van der Waals surface area contributed by atoms with Crippen LogP contribution in [0.5, 0.6) is 0 Å². The highest BCUT2D eigenvalue weighted by Gasteiger charge is 2.21. The van der Waals surface area contributed by atoms with E-state index in [-0.39, 0.29) is 32.2 Å². The topological polar surface area (TPSA) is 96.3 Å². The van der Waals surface area contributed by atoms with E-state index in [0.29, 0.717) is 6.41 Å². The Labute approximate surface area is 136 Å². The number of aliphatic hydroxyl groups is 2. The zero-order valence-electron chi connectivity index (χ0n) is 13.1. The number of hydroxylamine groups is 2. The number of carbonyl (C=O) groups is 1. The van der Waals surface area contributed by atoms with Gasteiger partial charge in [0.1, 0.15) is 6.61 Å². The van der Waals surface area contributed by atoms with Crippen molar-refractivity contribution in [2.24, 2.45) is 0 Å². The van der Waals surface area contributed by atoms with Crippen LogP contribution >= 0.6 is 8.03 Å². The highest BCUT2D eigenvalue weighted by molar-refractivity contribution is 7.39. The lowest BCUT2D eigenvalue weighted by atomic mass is 10.1. The summed E-state index contributed by atoms with van der Waals surface area (Å²) >= 11 is 0. The molecule has 0 heterocycles. The highest BCUT2D eigenvalue weighted by atomic mass is 31.1. The molecule has 3 unspecified atom stereocenters. The molecule has 0 aliphatic rings. The SMILES string of the molecule is CO[P+](=O)CCC(O)CC(O)CN(C=O)OCc1ccccc1. The first kappa shape index (κ1) is 19.7. The Kier molecular flexibility index (Phi) is 9.59. The zero-order valence-corrected chi connectivity index (χ0v) is 14.0. The van der Waals surface area contributed by atoms with Crippen LogP contribution in [-0.4, -0.2) is 53.7 Å². The van der Waals surface area contributed by atoms with Gasteiger partial charge in [0.15, 0.2) is 6.16 Å². The predicted molar refractivity (Wildman–Crippen MR) is 84.7 cm³/mol. The maximum absolute atomic E-state index is 11.1. The molecule has 0 aliphatic carbocycles. The summed E-state index contributed by atoms with van der Waals surface area (Å²) in [7, 11) is -0.431. The molecule has 0 radical (unpaired) electrons. The van der Waals surface area contributed by atoms with Crippen molar-refractivity contribution in [1.82, 2.24) is 5.06 Å². The number of carbonyl (C=O) groups excluding carboxylic acids is 1. The molecule has 0 spiro atoms. The molecule has 0 fully saturated rings. The second-order valence-corrected chi connectivity index (χ2v) is 6.51. The van der Waals surface area contributed by atoms with Crippen LogP contribution in [0.2, 0.25) is 0 Å². The van der Waals surface area contributed by atoms with E-state index in [9.17, 15) is 19.6 Å². The summed E-state index contributed by atoms with van der Waals surface area (Å²) in [5.41, 5.74) is 0.900. The van der Waals surface area contributed by atoms with Crippen molar-refractivity contribution < 1.29 is 28.9 Å². The van der Waals surface area contributed by atoms with Gasteiger partial charge in [-0.15, -0.1) is 4.52 Å². The normalized spacial score (nSPS) is 14.1. The van der Waals surface area contributed by atoms with Crippen LogP contribution in [0.4, 0.5) is 0 Å². The van der Waals surface area contributed by atoms with Gasteiger partial charge < -0.3 is 10.2 Å². The fraction of sp³-hybridized carbons (Fsp3) is 0.533. The highest BCUT2D eigenvalue weighted by Crippen LogP contribution is 2.22. The van der Waals surface area contributed by atoms with Gasteiger partial charge in [0.2, 0.25) is 6.41 Å². The number of hydrogen-bond acceptors (Lipinski definition) is 6. The number of nitrogens with zero attached hydrogens (tertiary/aromatic N) is 1. The van der Waals surface area contributed by atoms with E-state index in [0.717, 1.165) is 10.6 Å². The monoisotopic (exact) mass is 344 g/mol. The number of rotatable bonds is 12. The molecule has 1 aromatic carbocycles. The minimum absolute atomic E-state index is 0.0518. The summed E-state index contributed by atoms with van der Waals surface area (Å²) < 4.78 is 15.7. The second-order valence-electron chi connectivity index (χ2n) is 5.04. The Morgan fingerprint density at radius 2 is 1.96 bits per heavy atom. The van der Waals surface area contributed by atoms with Crippen LogP contribution in [0.3, 0.4) is 0 Å². The average molecular weight is 344 g/mol. The summed E-state index contributed by atoms with van der Waals surface area (Å²) in [6.45, 7) is 0.160. The van der Waals surface area contributed by atoms with Crippen molar-refractivity contribution in [3.8, 4) is 0 Å². The predicted octanol–water partition coefficient (Wildman–Crippen LogP) is 1.47. The van der Waals surface area contributed by atoms with Gasteiger partial charge in [0.05, 0.1) is 25.9 Å². The van der Waals surface area contributed by atoms with Crippen molar-refractivity contribution in [1.29, 1.82) is 0 Å². The van der Waals surface area contributed by atoms with E-state index in [4.69, 9.17) is 4.84 Å². The second kappa shape index (κ2) is 11.2. The van der Waals surface area contributed by atoms with E-state index in [1.807, 2.05) is 30.3 Å². The minimum Gasteiger partial charge on any atom is -0.393 e. The fourth-order valence-electron chi connectivity index (χ4n) is 1.92. The number of hydrogen-bond donors (Lipinski definition) is 2. The lowest BCUT2D eigenvalue weighted by Gasteiger charge is -2.21. The van der Waals surface area contributed by atoms with Gasteiger partial charge in [-0.1, -0.05) is 30.3 Å². The number of amides is 1. The number of aliphatic hydroxyl groups excluding tert-OH is 2. The molecule has 1 aromatic rings. The van der Waals surface area contributed by atoms with E-state index in [1.165, 1.54) is 7.11 Å². The van der Waals surface area contributed by atoms with Crippen molar-refractivity contribution in [3.63, 3.8) is 0 Å². The molecule has 0 aromatic heterocycles. The van der Waals surface area contributed by atoms with Gasteiger partial charge >= 0.3 is 8.03 Å². The van der Waals surface area contributed by atoms with Gasteiger partial charge in [-0.3, -0.25) is 9.63 Å². The maximum Gasteiger partial charge on any atom is 0.507 e. The lowest BCUT2D eigenvalue weighted by molar-refractivity contribution is -0.185. The molecule has 8 heteroatoms. The molecule has 0 saturated heterocycles. The third kappa shape index (κ3) is 8.74. The molecule has 128 valence electrons. The largest absolute Gasteiger partial charge is 0.507 e. The Bertz CT molecular complexity index is 472. The van der Waals surface area contributed by atoms with E-state index < -0.39 is 20.2 Å². The maximum atomic E-state index is 11.1. The molecular formula is C15H23NO6P+. The Balaban J connectivity index is 2.30. The van der Waals surface area contributed by atoms with Crippen molar-refractivity contribution in [2.45, 2.75) is 31.7 Å². The molecule has 0 bridgehead atoms. The molecule has 23 heavy (non-hydrogen) atoms. The van der Waals surface area contributed by atoms with Crippen molar-refractivity contribution >= 4 is 14.4 Å². The number of benzene rings is 1. The Morgan fingerprint density at radius 3 is 2.57 bits per heavy atom.